The summed E-state index contributed by atoms with van der Waals surface area (Å²) in [6.07, 6.45) is 1.82. The number of halogens is 2. The van der Waals surface area contributed by atoms with E-state index in [0.29, 0.717) is 39.9 Å². The minimum atomic E-state index is -0.747. The lowest BCUT2D eigenvalue weighted by Crippen LogP contribution is -2.52. The highest BCUT2D eigenvalue weighted by Crippen LogP contribution is 2.33. The Kier molecular flexibility index (Phi) is 9.53. The molecule has 0 fully saturated rings. The Morgan fingerprint density at radius 3 is 2.37 bits per heavy atom. The number of nitrogens with zero attached hydrogens (tertiary/aromatic N) is 1. The second-order valence-corrected chi connectivity index (χ2v) is 10.2. The summed E-state index contributed by atoms with van der Waals surface area (Å²) >= 11 is 13.0. The molecule has 200 valence electrons. The first kappa shape index (κ1) is 27.8. The van der Waals surface area contributed by atoms with Crippen LogP contribution in [-0.4, -0.2) is 35.6 Å². The van der Waals surface area contributed by atoms with Crippen LogP contribution in [0.15, 0.2) is 66.7 Å². The predicted molar refractivity (Wildman–Crippen MR) is 150 cm³/mol. The molecule has 0 radical (unpaired) electrons. The zero-order valence-corrected chi connectivity index (χ0v) is 23.1. The number of carbonyl (C=O) groups is 2. The van der Waals surface area contributed by atoms with Gasteiger partial charge in [-0.1, -0.05) is 72.6 Å². The van der Waals surface area contributed by atoms with Crippen LogP contribution in [0.3, 0.4) is 0 Å². The van der Waals surface area contributed by atoms with Crippen LogP contribution in [0.25, 0.3) is 0 Å². The van der Waals surface area contributed by atoms with Crippen LogP contribution in [0.1, 0.15) is 43.4 Å². The maximum Gasteiger partial charge on any atom is 0.243 e. The Morgan fingerprint density at radius 1 is 0.947 bits per heavy atom. The minimum absolute atomic E-state index is 0.0322. The van der Waals surface area contributed by atoms with Gasteiger partial charge in [0.1, 0.15) is 6.04 Å². The standard InChI is InChI=1S/C30H32Cl2N2O4/c1-3-20(2)33-30(36)26(16-21-8-5-4-6-9-21)34(18-23-24(31)10-7-11-25(23)32)29(35)15-13-22-12-14-27-28(17-22)38-19-37-27/h4-12,14,17,20,26H,3,13,15-16,18-19H2,1-2H3,(H,33,36)/t20-,26+/m1/s1. The van der Waals surface area contributed by atoms with Gasteiger partial charge in [0, 0.05) is 41.0 Å². The normalized spacial score (nSPS) is 13.6. The average Bonchev–Trinajstić information content (AvgIpc) is 3.39. The Balaban J connectivity index is 1.64. The molecule has 4 rings (SSSR count). The van der Waals surface area contributed by atoms with Gasteiger partial charge in [-0.05, 0) is 55.2 Å². The molecule has 0 aliphatic carbocycles. The Labute approximate surface area is 233 Å². The second-order valence-electron chi connectivity index (χ2n) is 9.43. The first-order valence-corrected chi connectivity index (χ1v) is 13.6. The van der Waals surface area contributed by atoms with Gasteiger partial charge >= 0.3 is 0 Å². The number of benzene rings is 3. The van der Waals surface area contributed by atoms with E-state index in [-0.39, 0.29) is 37.6 Å². The molecule has 0 unspecified atom stereocenters. The van der Waals surface area contributed by atoms with Crippen LogP contribution in [0.5, 0.6) is 11.5 Å². The lowest BCUT2D eigenvalue weighted by Gasteiger charge is -2.33. The van der Waals surface area contributed by atoms with Gasteiger partial charge in [0.05, 0.1) is 0 Å². The Hall–Kier alpha value is -3.22. The molecule has 38 heavy (non-hydrogen) atoms. The summed E-state index contributed by atoms with van der Waals surface area (Å²) in [5, 5.41) is 3.97. The van der Waals surface area contributed by atoms with Crippen molar-refractivity contribution in [2.75, 3.05) is 6.79 Å². The summed E-state index contributed by atoms with van der Waals surface area (Å²) in [6, 6.07) is 19.8. The number of nitrogens with one attached hydrogen (secondary N) is 1. The summed E-state index contributed by atoms with van der Waals surface area (Å²) in [7, 11) is 0. The van der Waals surface area contributed by atoms with E-state index in [0.717, 1.165) is 17.5 Å². The van der Waals surface area contributed by atoms with E-state index in [2.05, 4.69) is 5.32 Å². The minimum Gasteiger partial charge on any atom is -0.454 e. The fraction of sp³-hybridized carbons (Fsp3) is 0.333. The van der Waals surface area contributed by atoms with Gasteiger partial charge in [-0.15, -0.1) is 0 Å². The first-order chi connectivity index (χ1) is 18.4. The number of carbonyl (C=O) groups excluding carboxylic acids is 2. The molecule has 2 amide bonds. The molecule has 6 nitrogen and oxygen atoms in total. The zero-order chi connectivity index (χ0) is 27.1. The molecular formula is C30H32Cl2N2O4. The molecule has 1 aliphatic rings. The van der Waals surface area contributed by atoms with E-state index < -0.39 is 6.04 Å². The largest absolute Gasteiger partial charge is 0.454 e. The molecule has 0 saturated carbocycles. The monoisotopic (exact) mass is 554 g/mol. The Morgan fingerprint density at radius 2 is 1.66 bits per heavy atom. The van der Waals surface area contributed by atoms with E-state index in [1.807, 2.05) is 62.4 Å². The number of aryl methyl sites for hydroxylation is 1. The van der Waals surface area contributed by atoms with Gasteiger partial charge in [-0.3, -0.25) is 9.59 Å². The van der Waals surface area contributed by atoms with Gasteiger partial charge in [0.25, 0.3) is 0 Å². The van der Waals surface area contributed by atoms with Crippen molar-refractivity contribution >= 4 is 35.0 Å². The molecule has 8 heteroatoms. The van der Waals surface area contributed by atoms with Crippen molar-refractivity contribution in [2.24, 2.45) is 0 Å². The maximum absolute atomic E-state index is 13.9. The lowest BCUT2D eigenvalue weighted by molar-refractivity contribution is -0.141. The molecule has 2 atom stereocenters. The number of rotatable bonds is 11. The van der Waals surface area contributed by atoms with E-state index in [1.54, 1.807) is 23.1 Å². The lowest BCUT2D eigenvalue weighted by atomic mass is 10.0. The first-order valence-electron chi connectivity index (χ1n) is 12.8. The van der Waals surface area contributed by atoms with E-state index >= 15 is 0 Å². The van der Waals surface area contributed by atoms with Crippen molar-refractivity contribution in [1.82, 2.24) is 10.2 Å². The maximum atomic E-state index is 13.9. The van der Waals surface area contributed by atoms with Crippen molar-refractivity contribution in [3.8, 4) is 11.5 Å². The smallest absolute Gasteiger partial charge is 0.243 e. The summed E-state index contributed by atoms with van der Waals surface area (Å²) < 4.78 is 10.9. The molecule has 3 aromatic carbocycles. The van der Waals surface area contributed by atoms with Crippen LogP contribution in [0.2, 0.25) is 10.0 Å². The van der Waals surface area contributed by atoms with Crippen LogP contribution in [0, 0.1) is 0 Å². The van der Waals surface area contributed by atoms with Crippen molar-refractivity contribution < 1.29 is 19.1 Å². The molecule has 1 aliphatic heterocycles. The van der Waals surface area contributed by atoms with Gasteiger partial charge in [-0.2, -0.15) is 0 Å². The van der Waals surface area contributed by atoms with Gasteiger partial charge in [-0.25, -0.2) is 0 Å². The third-order valence-electron chi connectivity index (χ3n) is 6.73. The SMILES string of the molecule is CC[C@@H](C)NC(=O)[C@H](Cc1ccccc1)N(Cc1c(Cl)cccc1Cl)C(=O)CCc1ccc2c(c1)OCO2. The number of amides is 2. The molecule has 0 aromatic heterocycles. The third-order valence-corrected chi connectivity index (χ3v) is 7.44. The number of fused-ring (bicyclic) bond motifs is 1. The average molecular weight is 556 g/mol. The fourth-order valence-corrected chi connectivity index (χ4v) is 4.86. The summed E-state index contributed by atoms with van der Waals surface area (Å²) in [4.78, 5) is 29.1. The van der Waals surface area contributed by atoms with Crippen molar-refractivity contribution in [3.63, 3.8) is 0 Å². The number of hydrogen-bond donors (Lipinski definition) is 1. The van der Waals surface area contributed by atoms with Crippen molar-refractivity contribution in [1.29, 1.82) is 0 Å². The van der Waals surface area contributed by atoms with Crippen LogP contribution >= 0.6 is 23.2 Å². The second kappa shape index (κ2) is 13.0. The molecule has 1 heterocycles. The van der Waals surface area contributed by atoms with Crippen molar-refractivity contribution in [2.45, 2.75) is 58.2 Å². The number of hydrogen-bond acceptors (Lipinski definition) is 4. The highest BCUT2D eigenvalue weighted by Gasteiger charge is 2.31. The molecular weight excluding hydrogens is 523 g/mol. The molecule has 0 bridgehead atoms. The zero-order valence-electron chi connectivity index (χ0n) is 21.6. The number of ether oxygens (including phenoxy) is 2. The summed E-state index contributed by atoms with van der Waals surface area (Å²) in [5.41, 5.74) is 2.51. The quantitative estimate of drug-likeness (QED) is 0.306. The van der Waals surface area contributed by atoms with E-state index in [9.17, 15) is 9.59 Å². The van der Waals surface area contributed by atoms with Crippen molar-refractivity contribution in [3.05, 3.63) is 93.5 Å². The van der Waals surface area contributed by atoms with E-state index in [4.69, 9.17) is 32.7 Å². The van der Waals surface area contributed by atoms with Gasteiger partial charge in [0.15, 0.2) is 11.5 Å². The molecule has 1 N–H and O–H groups in total. The predicted octanol–water partition coefficient (Wildman–Crippen LogP) is 6.21. The van der Waals surface area contributed by atoms with Gasteiger partial charge < -0.3 is 19.7 Å². The molecule has 0 spiro atoms. The van der Waals surface area contributed by atoms with Crippen LogP contribution < -0.4 is 14.8 Å². The Bertz CT molecular complexity index is 1250. The molecule has 3 aromatic rings. The van der Waals surface area contributed by atoms with Crippen LogP contribution in [-0.2, 0) is 29.0 Å². The highest BCUT2D eigenvalue weighted by atomic mass is 35.5. The highest BCUT2D eigenvalue weighted by molar-refractivity contribution is 6.36. The van der Waals surface area contributed by atoms with Crippen LogP contribution in [0.4, 0.5) is 0 Å². The van der Waals surface area contributed by atoms with Gasteiger partial charge in [0.2, 0.25) is 18.6 Å². The summed E-state index contributed by atoms with van der Waals surface area (Å²) in [6.45, 7) is 4.27. The summed E-state index contributed by atoms with van der Waals surface area (Å²) in [5.74, 6) is 0.992. The third kappa shape index (κ3) is 7.00. The van der Waals surface area contributed by atoms with E-state index in [1.165, 1.54) is 0 Å². The molecule has 0 saturated heterocycles. The fourth-order valence-electron chi connectivity index (χ4n) is 4.34. The topological polar surface area (TPSA) is 67.9 Å².